The van der Waals surface area contributed by atoms with Gasteiger partial charge in [0.1, 0.15) is 5.82 Å². The molecule has 2 aliphatic rings. The van der Waals surface area contributed by atoms with Crippen LogP contribution >= 0.6 is 11.3 Å². The van der Waals surface area contributed by atoms with Crippen molar-refractivity contribution in [3.8, 4) is 0 Å². The maximum atomic E-state index is 13.0. The largest absolute Gasteiger partial charge is 0.302 e. The van der Waals surface area contributed by atoms with Crippen molar-refractivity contribution in [2.24, 2.45) is 5.92 Å². The molecular formula is C18H20FN3O3S2. The predicted molar refractivity (Wildman–Crippen MR) is 101 cm³/mol. The lowest BCUT2D eigenvalue weighted by atomic mass is 9.85. The third kappa shape index (κ3) is 4.04. The third-order valence-corrected chi connectivity index (χ3v) is 7.85. The molecule has 0 unspecified atom stereocenters. The van der Waals surface area contributed by atoms with Gasteiger partial charge in [-0.1, -0.05) is 18.6 Å². The first-order valence-electron chi connectivity index (χ1n) is 8.92. The molecular weight excluding hydrogens is 389 g/mol. The number of hydrogen-bond donors (Lipinski definition) is 1. The second-order valence-electron chi connectivity index (χ2n) is 6.97. The van der Waals surface area contributed by atoms with Crippen LogP contribution in [-0.4, -0.2) is 30.2 Å². The second-order valence-corrected chi connectivity index (χ2v) is 10.0. The number of benzene rings is 1. The van der Waals surface area contributed by atoms with Crippen molar-refractivity contribution >= 4 is 32.4 Å². The zero-order valence-electron chi connectivity index (χ0n) is 14.7. The molecule has 0 atom stereocenters. The number of amides is 1. The third-order valence-electron chi connectivity index (χ3n) is 5.06. The van der Waals surface area contributed by atoms with Crippen LogP contribution in [0.1, 0.15) is 35.4 Å². The summed E-state index contributed by atoms with van der Waals surface area (Å²) in [6.45, 7) is 0.617. The molecule has 2 aromatic rings. The van der Waals surface area contributed by atoms with Crippen molar-refractivity contribution in [1.82, 2.24) is 9.29 Å². The Morgan fingerprint density at radius 1 is 1.30 bits per heavy atom. The number of halogens is 1. The number of nitrogens with zero attached hydrogens (tertiary/aromatic N) is 2. The van der Waals surface area contributed by atoms with Crippen LogP contribution in [0.5, 0.6) is 0 Å². The minimum Gasteiger partial charge on any atom is -0.302 e. The monoisotopic (exact) mass is 409 g/mol. The van der Waals surface area contributed by atoms with Gasteiger partial charge in [0.05, 0.1) is 11.4 Å². The molecule has 0 spiro atoms. The van der Waals surface area contributed by atoms with E-state index >= 15 is 0 Å². The minimum absolute atomic E-state index is 0.00753. The Morgan fingerprint density at radius 3 is 2.70 bits per heavy atom. The molecule has 9 heteroatoms. The first-order valence-corrected chi connectivity index (χ1v) is 11.3. The van der Waals surface area contributed by atoms with Crippen LogP contribution in [0.2, 0.25) is 0 Å². The van der Waals surface area contributed by atoms with E-state index in [0.717, 1.165) is 29.8 Å². The van der Waals surface area contributed by atoms with Crippen molar-refractivity contribution in [1.29, 1.82) is 0 Å². The maximum Gasteiger partial charge on any atom is 0.229 e. The quantitative estimate of drug-likeness (QED) is 0.824. The molecule has 0 radical (unpaired) electrons. The number of carbonyl (C=O) groups excluding carboxylic acids is 1. The molecule has 4 rings (SSSR count). The SMILES string of the molecule is O=C(Nc1nc2c(s1)CN(S(=O)(=O)Cc1ccc(F)cc1)CC2)C1CCC1. The predicted octanol–water partition coefficient (Wildman–Crippen LogP) is 2.91. The van der Waals surface area contributed by atoms with Crippen LogP contribution in [0.3, 0.4) is 0 Å². The first kappa shape index (κ1) is 18.5. The Morgan fingerprint density at radius 2 is 2.04 bits per heavy atom. The van der Waals surface area contributed by atoms with Crippen LogP contribution in [0.15, 0.2) is 24.3 Å². The van der Waals surface area contributed by atoms with E-state index in [2.05, 4.69) is 10.3 Å². The summed E-state index contributed by atoms with van der Waals surface area (Å²) in [7, 11) is -3.51. The number of aromatic nitrogens is 1. The standard InChI is InChI=1S/C18H20FN3O3S2/c19-14-6-4-12(5-7-14)11-27(24,25)22-9-8-15-16(10-22)26-18(20-15)21-17(23)13-2-1-3-13/h4-7,13H,1-3,8-11H2,(H,20,21,23). The van der Waals surface area contributed by atoms with E-state index in [1.54, 1.807) is 0 Å². The van der Waals surface area contributed by atoms with E-state index in [9.17, 15) is 17.6 Å². The number of thiazole rings is 1. The Bertz CT molecular complexity index is 953. The highest BCUT2D eigenvalue weighted by atomic mass is 32.2. The summed E-state index contributed by atoms with van der Waals surface area (Å²) in [6.07, 6.45) is 3.46. The van der Waals surface area contributed by atoms with Gasteiger partial charge in [-0.3, -0.25) is 4.79 Å². The molecule has 6 nitrogen and oxygen atoms in total. The van der Waals surface area contributed by atoms with Gasteiger partial charge in [0, 0.05) is 30.3 Å². The molecule has 1 aliphatic heterocycles. The number of nitrogens with one attached hydrogen (secondary N) is 1. The molecule has 144 valence electrons. The van der Waals surface area contributed by atoms with Gasteiger partial charge in [0.2, 0.25) is 15.9 Å². The molecule has 2 heterocycles. The van der Waals surface area contributed by atoms with Crippen molar-refractivity contribution in [2.45, 2.75) is 38.0 Å². The summed E-state index contributed by atoms with van der Waals surface area (Å²) >= 11 is 1.35. The fourth-order valence-corrected chi connectivity index (χ4v) is 5.82. The first-order chi connectivity index (χ1) is 12.9. The lowest BCUT2D eigenvalue weighted by Gasteiger charge is -2.25. The Balaban J connectivity index is 1.44. The number of carbonyl (C=O) groups is 1. The van der Waals surface area contributed by atoms with Gasteiger partial charge in [-0.2, -0.15) is 4.31 Å². The molecule has 1 aromatic carbocycles. The number of hydrogen-bond acceptors (Lipinski definition) is 5. The molecule has 1 fully saturated rings. The smallest absolute Gasteiger partial charge is 0.229 e. The minimum atomic E-state index is -3.51. The average molecular weight is 410 g/mol. The zero-order valence-corrected chi connectivity index (χ0v) is 16.3. The number of sulfonamides is 1. The molecule has 0 bridgehead atoms. The van der Waals surface area contributed by atoms with E-state index in [4.69, 9.17) is 0 Å². The Hall–Kier alpha value is -1.84. The van der Waals surface area contributed by atoms with Gasteiger partial charge in [-0.05, 0) is 30.5 Å². The highest BCUT2D eigenvalue weighted by Gasteiger charge is 2.30. The van der Waals surface area contributed by atoms with Crippen LogP contribution in [-0.2, 0) is 33.5 Å². The normalized spacial score (nSPS) is 18.0. The van der Waals surface area contributed by atoms with Gasteiger partial charge < -0.3 is 5.32 Å². The van der Waals surface area contributed by atoms with Crippen LogP contribution < -0.4 is 5.32 Å². The second kappa shape index (κ2) is 7.29. The Labute approximate surface area is 161 Å². The summed E-state index contributed by atoms with van der Waals surface area (Å²) in [4.78, 5) is 17.4. The van der Waals surface area contributed by atoms with Crippen LogP contribution in [0, 0.1) is 11.7 Å². The summed E-state index contributed by atoms with van der Waals surface area (Å²) in [5.41, 5.74) is 1.41. The van der Waals surface area contributed by atoms with Gasteiger partial charge in [-0.15, -0.1) is 11.3 Å². The zero-order chi connectivity index (χ0) is 19.0. The molecule has 27 heavy (non-hydrogen) atoms. The lowest BCUT2D eigenvalue weighted by molar-refractivity contribution is -0.122. The van der Waals surface area contributed by atoms with Crippen molar-refractivity contribution < 1.29 is 17.6 Å². The van der Waals surface area contributed by atoms with Crippen molar-refractivity contribution in [2.75, 3.05) is 11.9 Å². The van der Waals surface area contributed by atoms with E-state index in [0.29, 0.717) is 23.7 Å². The molecule has 1 aliphatic carbocycles. The van der Waals surface area contributed by atoms with Crippen LogP contribution in [0.4, 0.5) is 9.52 Å². The van der Waals surface area contributed by atoms with E-state index in [1.807, 2.05) is 0 Å². The van der Waals surface area contributed by atoms with Crippen molar-refractivity contribution in [3.05, 3.63) is 46.2 Å². The highest BCUT2D eigenvalue weighted by Crippen LogP contribution is 2.32. The van der Waals surface area contributed by atoms with E-state index in [-0.39, 0.29) is 29.9 Å². The highest BCUT2D eigenvalue weighted by molar-refractivity contribution is 7.88. The van der Waals surface area contributed by atoms with Gasteiger partial charge in [0.25, 0.3) is 0 Å². The van der Waals surface area contributed by atoms with Gasteiger partial charge in [0.15, 0.2) is 5.13 Å². The van der Waals surface area contributed by atoms with Crippen molar-refractivity contribution in [3.63, 3.8) is 0 Å². The fraction of sp³-hybridized carbons (Fsp3) is 0.444. The number of anilines is 1. The fourth-order valence-electron chi connectivity index (χ4n) is 3.22. The van der Waals surface area contributed by atoms with Gasteiger partial charge in [-0.25, -0.2) is 17.8 Å². The molecule has 1 aromatic heterocycles. The summed E-state index contributed by atoms with van der Waals surface area (Å²) in [5.74, 6) is -0.460. The van der Waals surface area contributed by atoms with Gasteiger partial charge >= 0.3 is 0 Å². The summed E-state index contributed by atoms with van der Waals surface area (Å²) < 4.78 is 39.9. The summed E-state index contributed by atoms with van der Waals surface area (Å²) in [6, 6.07) is 5.50. The lowest BCUT2D eigenvalue weighted by Crippen LogP contribution is -2.36. The molecule has 1 N–H and O–H groups in total. The average Bonchev–Trinajstić information content (AvgIpc) is 2.96. The number of rotatable bonds is 5. The maximum absolute atomic E-state index is 13.0. The molecule has 1 saturated carbocycles. The molecule has 0 saturated heterocycles. The van der Waals surface area contributed by atoms with E-state index < -0.39 is 10.0 Å². The van der Waals surface area contributed by atoms with Crippen LogP contribution in [0.25, 0.3) is 0 Å². The van der Waals surface area contributed by atoms with E-state index in [1.165, 1.54) is 39.9 Å². The number of fused-ring (bicyclic) bond motifs is 1. The molecule has 1 amide bonds. The summed E-state index contributed by atoms with van der Waals surface area (Å²) in [5, 5.41) is 3.42. The topological polar surface area (TPSA) is 79.4 Å². The Kier molecular flexibility index (Phi) is 5.00.